The number of amides is 1. The van der Waals surface area contributed by atoms with E-state index >= 15 is 0 Å². The molecule has 1 saturated heterocycles. The molecule has 1 aromatic carbocycles. The first kappa shape index (κ1) is 21.2. The molecule has 0 spiro atoms. The molecule has 1 amide bonds. The largest absolute Gasteiger partial charge is 0.452 e. The fraction of sp³-hybridized carbons (Fsp3) is 0.409. The number of nitrogens with zero attached hydrogens (tertiary/aromatic N) is 5. The first-order valence-corrected chi connectivity index (χ1v) is 11.1. The first-order chi connectivity index (χ1) is 15.0. The van der Waals surface area contributed by atoms with Crippen molar-refractivity contribution in [2.45, 2.75) is 32.4 Å². The molecule has 3 aromatic rings. The number of piperidine rings is 1. The molecule has 1 aliphatic rings. The Bertz CT molecular complexity index is 1020. The molecule has 162 valence electrons. The van der Waals surface area contributed by atoms with E-state index in [0.717, 1.165) is 15.2 Å². The van der Waals surface area contributed by atoms with Gasteiger partial charge < -0.3 is 14.5 Å². The van der Waals surface area contributed by atoms with Crippen molar-refractivity contribution in [2.75, 3.05) is 25.0 Å². The molecule has 1 aliphatic heterocycles. The molecule has 0 saturated carbocycles. The van der Waals surface area contributed by atoms with Crippen molar-refractivity contribution in [3.63, 3.8) is 0 Å². The number of aromatic nitrogens is 3. The standard InChI is InChI=1S/C22H25N5O3S/c1-15(20(28)26(2)14-19-25-17-6-3-4-7-18(17)31-19)30-21(29)16-8-12-27(13-9-16)22-23-10-5-11-24-22/h3-7,10-11,15-16H,8-9,12-14H2,1-2H3. The number of hydrogen-bond acceptors (Lipinski definition) is 8. The fourth-order valence-corrected chi connectivity index (χ4v) is 4.69. The summed E-state index contributed by atoms with van der Waals surface area (Å²) in [7, 11) is 1.71. The average molecular weight is 440 g/mol. The third-order valence-corrected chi connectivity index (χ3v) is 6.41. The van der Waals surface area contributed by atoms with E-state index in [9.17, 15) is 9.59 Å². The second-order valence-electron chi connectivity index (χ2n) is 7.66. The van der Waals surface area contributed by atoms with Gasteiger partial charge in [-0.25, -0.2) is 15.0 Å². The van der Waals surface area contributed by atoms with E-state index in [4.69, 9.17) is 4.74 Å². The SMILES string of the molecule is CC(OC(=O)C1CCN(c2ncccn2)CC1)C(=O)N(C)Cc1nc2ccccc2s1. The summed E-state index contributed by atoms with van der Waals surface area (Å²) in [5, 5.41) is 0.853. The van der Waals surface area contributed by atoms with Gasteiger partial charge >= 0.3 is 5.97 Å². The molecule has 0 aliphatic carbocycles. The average Bonchev–Trinajstić information content (AvgIpc) is 3.21. The molecule has 8 nitrogen and oxygen atoms in total. The van der Waals surface area contributed by atoms with Crippen LogP contribution in [0, 0.1) is 5.92 Å². The van der Waals surface area contributed by atoms with Crippen LogP contribution in [0.3, 0.4) is 0 Å². The Labute approximate surface area is 184 Å². The number of hydrogen-bond donors (Lipinski definition) is 0. The van der Waals surface area contributed by atoms with Gasteiger partial charge in [-0.15, -0.1) is 11.3 Å². The molecule has 4 rings (SSSR count). The Morgan fingerprint density at radius 1 is 1.19 bits per heavy atom. The van der Waals surface area contributed by atoms with Crippen LogP contribution in [-0.4, -0.2) is 58.0 Å². The summed E-state index contributed by atoms with van der Waals surface area (Å²) in [6, 6.07) is 9.66. The third-order valence-electron chi connectivity index (χ3n) is 5.39. The topological polar surface area (TPSA) is 88.5 Å². The molecule has 31 heavy (non-hydrogen) atoms. The molecular formula is C22H25N5O3S. The maximum atomic E-state index is 12.7. The van der Waals surface area contributed by atoms with E-state index in [-0.39, 0.29) is 17.8 Å². The molecule has 1 unspecified atom stereocenters. The van der Waals surface area contributed by atoms with Crippen molar-refractivity contribution < 1.29 is 14.3 Å². The highest BCUT2D eigenvalue weighted by Gasteiger charge is 2.30. The number of carbonyl (C=O) groups excluding carboxylic acids is 2. The number of esters is 1. The summed E-state index contributed by atoms with van der Waals surface area (Å²) in [5.74, 6) is -0.0929. The van der Waals surface area contributed by atoms with Crippen molar-refractivity contribution in [3.8, 4) is 0 Å². The second-order valence-corrected chi connectivity index (χ2v) is 8.77. The van der Waals surface area contributed by atoms with Crippen LogP contribution in [0.25, 0.3) is 10.2 Å². The highest BCUT2D eigenvalue weighted by molar-refractivity contribution is 7.18. The van der Waals surface area contributed by atoms with E-state index in [1.165, 1.54) is 0 Å². The number of rotatable bonds is 6. The van der Waals surface area contributed by atoms with Crippen molar-refractivity contribution in [2.24, 2.45) is 5.92 Å². The number of ether oxygens (including phenoxy) is 1. The molecule has 9 heteroatoms. The van der Waals surface area contributed by atoms with Crippen LogP contribution < -0.4 is 4.90 Å². The predicted octanol–water partition coefficient (Wildman–Crippen LogP) is 2.89. The highest BCUT2D eigenvalue weighted by atomic mass is 32.1. The van der Waals surface area contributed by atoms with Crippen LogP contribution in [0.4, 0.5) is 5.95 Å². The monoisotopic (exact) mass is 439 g/mol. The number of likely N-dealkylation sites (N-methyl/N-ethyl adjacent to an activating group) is 1. The lowest BCUT2D eigenvalue weighted by Crippen LogP contribution is -2.41. The number of carbonyl (C=O) groups is 2. The zero-order valence-electron chi connectivity index (χ0n) is 17.6. The van der Waals surface area contributed by atoms with Crippen LogP contribution in [0.5, 0.6) is 0 Å². The zero-order valence-corrected chi connectivity index (χ0v) is 18.4. The van der Waals surface area contributed by atoms with Crippen LogP contribution in [0.15, 0.2) is 42.7 Å². The van der Waals surface area contributed by atoms with Gasteiger partial charge in [-0.1, -0.05) is 12.1 Å². The molecule has 0 bridgehead atoms. The lowest BCUT2D eigenvalue weighted by Gasteiger charge is -2.31. The molecule has 1 fully saturated rings. The number of fused-ring (bicyclic) bond motifs is 1. The van der Waals surface area contributed by atoms with Crippen molar-refractivity contribution in [1.82, 2.24) is 19.9 Å². The second kappa shape index (κ2) is 9.38. The van der Waals surface area contributed by atoms with Gasteiger partial charge in [0.15, 0.2) is 6.10 Å². The summed E-state index contributed by atoms with van der Waals surface area (Å²) >= 11 is 1.56. The maximum Gasteiger partial charge on any atom is 0.309 e. The van der Waals surface area contributed by atoms with Gasteiger partial charge in [0.25, 0.3) is 5.91 Å². The minimum absolute atomic E-state index is 0.218. The van der Waals surface area contributed by atoms with Crippen LogP contribution in [-0.2, 0) is 20.9 Å². The minimum atomic E-state index is -0.831. The minimum Gasteiger partial charge on any atom is -0.452 e. The van der Waals surface area contributed by atoms with Gasteiger partial charge in [0.05, 0.1) is 22.7 Å². The van der Waals surface area contributed by atoms with Gasteiger partial charge in [0, 0.05) is 32.5 Å². The Morgan fingerprint density at radius 3 is 2.61 bits per heavy atom. The van der Waals surface area contributed by atoms with Crippen LogP contribution in [0.1, 0.15) is 24.8 Å². The van der Waals surface area contributed by atoms with Crippen molar-refractivity contribution >= 4 is 39.4 Å². The maximum absolute atomic E-state index is 12.7. The Morgan fingerprint density at radius 2 is 1.90 bits per heavy atom. The smallest absolute Gasteiger partial charge is 0.309 e. The van der Waals surface area contributed by atoms with E-state index in [0.29, 0.717) is 38.4 Å². The summed E-state index contributed by atoms with van der Waals surface area (Å²) in [6.07, 6.45) is 3.89. The predicted molar refractivity (Wildman–Crippen MR) is 119 cm³/mol. The van der Waals surface area contributed by atoms with E-state index in [2.05, 4.69) is 19.9 Å². The van der Waals surface area contributed by atoms with Crippen LogP contribution >= 0.6 is 11.3 Å². The van der Waals surface area contributed by atoms with Gasteiger partial charge in [-0.2, -0.15) is 0 Å². The summed E-state index contributed by atoms with van der Waals surface area (Å²) < 4.78 is 6.60. The highest BCUT2D eigenvalue weighted by Crippen LogP contribution is 2.24. The first-order valence-electron chi connectivity index (χ1n) is 10.3. The lowest BCUT2D eigenvalue weighted by molar-refractivity contribution is -0.162. The summed E-state index contributed by atoms with van der Waals surface area (Å²) in [4.78, 5) is 42.0. The molecular weight excluding hydrogens is 414 g/mol. The quantitative estimate of drug-likeness (QED) is 0.546. The Balaban J connectivity index is 1.27. The molecule has 0 N–H and O–H groups in total. The fourth-order valence-electron chi connectivity index (χ4n) is 3.67. The van der Waals surface area contributed by atoms with Gasteiger partial charge in [0.1, 0.15) is 5.01 Å². The number of anilines is 1. The molecule has 1 atom stereocenters. The van der Waals surface area contributed by atoms with Crippen molar-refractivity contribution in [3.05, 3.63) is 47.7 Å². The van der Waals surface area contributed by atoms with Crippen LogP contribution in [0.2, 0.25) is 0 Å². The summed E-state index contributed by atoms with van der Waals surface area (Å²) in [6.45, 7) is 3.38. The molecule has 3 heterocycles. The zero-order chi connectivity index (χ0) is 21.8. The number of para-hydroxylation sites is 1. The van der Waals surface area contributed by atoms with Gasteiger partial charge in [0.2, 0.25) is 5.95 Å². The Kier molecular flexibility index (Phi) is 6.41. The lowest BCUT2D eigenvalue weighted by atomic mass is 9.97. The van der Waals surface area contributed by atoms with E-state index < -0.39 is 6.10 Å². The molecule has 0 radical (unpaired) electrons. The summed E-state index contributed by atoms with van der Waals surface area (Å²) in [5.41, 5.74) is 0.926. The van der Waals surface area contributed by atoms with Crippen molar-refractivity contribution in [1.29, 1.82) is 0 Å². The van der Waals surface area contributed by atoms with Gasteiger partial charge in [-0.05, 0) is 38.0 Å². The Hall–Kier alpha value is -3.07. The van der Waals surface area contributed by atoms with E-state index in [1.54, 1.807) is 48.7 Å². The number of benzene rings is 1. The normalized spacial score (nSPS) is 15.6. The third kappa shape index (κ3) is 4.99. The molecule has 2 aromatic heterocycles. The van der Waals surface area contributed by atoms with Gasteiger partial charge in [-0.3, -0.25) is 9.59 Å². The van der Waals surface area contributed by atoms with E-state index in [1.807, 2.05) is 24.3 Å². The number of thiazole rings is 1.